The van der Waals surface area contributed by atoms with E-state index in [4.69, 9.17) is 22.1 Å². The van der Waals surface area contributed by atoms with Gasteiger partial charge < -0.3 is 10.5 Å². The summed E-state index contributed by atoms with van der Waals surface area (Å²) in [4.78, 5) is -0.0821. The van der Waals surface area contributed by atoms with Crippen molar-refractivity contribution in [1.29, 1.82) is 5.26 Å². The number of nitrogens with zero attached hydrogens (tertiary/aromatic N) is 2. The summed E-state index contributed by atoms with van der Waals surface area (Å²) in [7, 11) is -4.20. The van der Waals surface area contributed by atoms with Crippen LogP contribution in [0, 0.1) is 17.1 Å². The molecule has 0 aromatic heterocycles. The van der Waals surface area contributed by atoms with Crippen molar-refractivity contribution in [2.45, 2.75) is 12.5 Å². The summed E-state index contributed by atoms with van der Waals surface area (Å²) >= 11 is 6.04. The quantitative estimate of drug-likeness (QED) is 0.553. The Morgan fingerprint density at radius 3 is 2.41 bits per heavy atom. The molecule has 0 aliphatic carbocycles. The van der Waals surface area contributed by atoms with Crippen LogP contribution in [0.4, 0.5) is 10.1 Å². The molecule has 5 rings (SSSR count). The number of hydrogen-bond acceptors (Lipinski definition) is 5. The summed E-state index contributed by atoms with van der Waals surface area (Å²) < 4.78 is 48.7. The van der Waals surface area contributed by atoms with Crippen molar-refractivity contribution < 1.29 is 17.5 Å². The average molecular weight is 494 g/mol. The van der Waals surface area contributed by atoms with Gasteiger partial charge in [-0.3, -0.25) is 4.31 Å². The molecule has 34 heavy (non-hydrogen) atoms. The van der Waals surface area contributed by atoms with Crippen LogP contribution in [-0.4, -0.2) is 8.42 Å². The zero-order valence-corrected chi connectivity index (χ0v) is 19.1. The van der Waals surface area contributed by atoms with Crippen LogP contribution in [0.2, 0.25) is 5.02 Å². The van der Waals surface area contributed by atoms with Crippen molar-refractivity contribution in [2.24, 2.45) is 5.73 Å². The highest BCUT2D eigenvalue weighted by atomic mass is 35.5. The van der Waals surface area contributed by atoms with Gasteiger partial charge >= 0.3 is 0 Å². The summed E-state index contributed by atoms with van der Waals surface area (Å²) in [5.74, 6) is -1.47. The first kappa shape index (κ1) is 22.0. The molecule has 2 heterocycles. The fourth-order valence-electron chi connectivity index (χ4n) is 4.22. The lowest BCUT2D eigenvalue weighted by Gasteiger charge is -2.38. The fourth-order valence-corrected chi connectivity index (χ4v) is 6.26. The van der Waals surface area contributed by atoms with E-state index in [0.717, 1.165) is 0 Å². The minimum atomic E-state index is -4.20. The third-order valence-electron chi connectivity index (χ3n) is 5.80. The Kier molecular flexibility index (Phi) is 5.31. The number of benzene rings is 3. The maximum Gasteiger partial charge on any atom is 0.265 e. The van der Waals surface area contributed by atoms with Gasteiger partial charge in [0.1, 0.15) is 22.4 Å². The van der Waals surface area contributed by atoms with Crippen LogP contribution in [0.25, 0.3) is 5.76 Å². The van der Waals surface area contributed by atoms with Gasteiger partial charge in [0, 0.05) is 10.6 Å². The lowest BCUT2D eigenvalue weighted by molar-refractivity contribution is 0.357. The molecule has 1 atom stereocenters. The maximum atomic E-state index is 14.1. The van der Waals surface area contributed by atoms with E-state index in [-0.39, 0.29) is 28.7 Å². The number of hydrogen-bond donors (Lipinski definition) is 1. The molecular formula is C25H17ClFN3O3S. The second-order valence-electron chi connectivity index (χ2n) is 7.83. The molecule has 2 N–H and O–H groups in total. The number of nitriles is 1. The Balaban J connectivity index is 1.75. The van der Waals surface area contributed by atoms with E-state index < -0.39 is 21.8 Å². The predicted octanol–water partition coefficient (Wildman–Crippen LogP) is 5.01. The van der Waals surface area contributed by atoms with E-state index >= 15 is 0 Å². The number of para-hydroxylation sites is 1. The molecule has 2 aliphatic heterocycles. The van der Waals surface area contributed by atoms with Gasteiger partial charge in [0.25, 0.3) is 10.0 Å². The van der Waals surface area contributed by atoms with Crippen LogP contribution in [0.1, 0.15) is 22.6 Å². The molecule has 0 unspecified atom stereocenters. The molecule has 0 saturated heterocycles. The number of allylic oxidation sites excluding steroid dienone is 2. The van der Waals surface area contributed by atoms with Gasteiger partial charge in [0.15, 0.2) is 5.76 Å². The molecule has 0 bridgehead atoms. The van der Waals surface area contributed by atoms with Gasteiger partial charge in [-0.2, -0.15) is 5.26 Å². The molecule has 0 saturated carbocycles. The first-order valence-corrected chi connectivity index (χ1v) is 12.1. The van der Waals surface area contributed by atoms with Crippen molar-refractivity contribution in [1.82, 2.24) is 0 Å². The van der Waals surface area contributed by atoms with E-state index in [1.807, 2.05) is 6.07 Å². The lowest BCUT2D eigenvalue weighted by atomic mass is 9.88. The van der Waals surface area contributed by atoms with Crippen LogP contribution in [-0.2, 0) is 21.3 Å². The SMILES string of the molecule is N#CC1=C(N)OC2=C([C@H]1c1ccc(Cl)cc1)S(=O)(=O)N(Cc1ccc(F)cc1)c1ccccc12. The number of fused-ring (bicyclic) bond motifs is 2. The highest BCUT2D eigenvalue weighted by molar-refractivity contribution is 7.96. The summed E-state index contributed by atoms with van der Waals surface area (Å²) in [5.41, 5.74) is 8.14. The van der Waals surface area contributed by atoms with Gasteiger partial charge in [-0.25, -0.2) is 12.8 Å². The predicted molar refractivity (Wildman–Crippen MR) is 127 cm³/mol. The Bertz CT molecular complexity index is 1510. The van der Waals surface area contributed by atoms with E-state index in [1.165, 1.54) is 28.6 Å². The molecule has 9 heteroatoms. The topological polar surface area (TPSA) is 96.4 Å². The Hall–Kier alpha value is -3.80. The van der Waals surface area contributed by atoms with Crippen LogP contribution in [0.15, 0.2) is 89.2 Å². The highest BCUT2D eigenvalue weighted by Crippen LogP contribution is 2.51. The van der Waals surface area contributed by atoms with Crippen LogP contribution < -0.4 is 10.0 Å². The zero-order chi connectivity index (χ0) is 24.0. The number of halogens is 2. The molecular weight excluding hydrogens is 477 g/mol. The van der Waals surface area contributed by atoms with Crippen molar-refractivity contribution in [3.8, 4) is 6.07 Å². The van der Waals surface area contributed by atoms with E-state index in [1.54, 1.807) is 48.5 Å². The molecule has 0 radical (unpaired) electrons. The molecule has 2 aliphatic rings. The van der Waals surface area contributed by atoms with Crippen molar-refractivity contribution >= 4 is 33.1 Å². The molecule has 3 aromatic carbocycles. The van der Waals surface area contributed by atoms with Crippen molar-refractivity contribution in [2.75, 3.05) is 4.31 Å². The van der Waals surface area contributed by atoms with Crippen molar-refractivity contribution in [3.63, 3.8) is 0 Å². The van der Waals surface area contributed by atoms with Gasteiger partial charge in [-0.15, -0.1) is 0 Å². The van der Waals surface area contributed by atoms with E-state index in [9.17, 15) is 18.1 Å². The summed E-state index contributed by atoms with van der Waals surface area (Å²) in [6.45, 7) is -0.0369. The second kappa shape index (κ2) is 8.20. The average Bonchev–Trinajstić information content (AvgIpc) is 2.82. The minimum absolute atomic E-state index is 0.00855. The molecule has 170 valence electrons. The lowest BCUT2D eigenvalue weighted by Crippen LogP contribution is -2.39. The Morgan fingerprint density at radius 1 is 1.06 bits per heavy atom. The molecule has 3 aromatic rings. The van der Waals surface area contributed by atoms with Gasteiger partial charge in [-0.1, -0.05) is 48.0 Å². The zero-order valence-electron chi connectivity index (χ0n) is 17.6. The van der Waals surface area contributed by atoms with Gasteiger partial charge in [0.2, 0.25) is 5.88 Å². The third kappa shape index (κ3) is 3.50. The smallest absolute Gasteiger partial charge is 0.265 e. The summed E-state index contributed by atoms with van der Waals surface area (Å²) in [6.07, 6.45) is 0. The first-order chi connectivity index (χ1) is 16.3. The Labute approximate surface area is 201 Å². The fraction of sp³-hybridized carbons (Fsp3) is 0.0800. The number of rotatable bonds is 3. The maximum absolute atomic E-state index is 14.1. The number of sulfonamides is 1. The third-order valence-corrected chi connectivity index (χ3v) is 7.94. The molecule has 0 amide bonds. The van der Waals surface area contributed by atoms with Gasteiger partial charge in [0.05, 0.1) is 18.2 Å². The molecule has 0 spiro atoms. The first-order valence-electron chi connectivity index (χ1n) is 10.2. The van der Waals surface area contributed by atoms with Crippen LogP contribution in [0.5, 0.6) is 0 Å². The van der Waals surface area contributed by atoms with E-state index in [2.05, 4.69) is 0 Å². The second-order valence-corrected chi connectivity index (χ2v) is 10.1. The summed E-state index contributed by atoms with van der Waals surface area (Å²) in [5, 5.41) is 10.3. The van der Waals surface area contributed by atoms with Crippen LogP contribution >= 0.6 is 11.6 Å². The Morgan fingerprint density at radius 2 is 1.74 bits per heavy atom. The highest BCUT2D eigenvalue weighted by Gasteiger charge is 2.47. The largest absolute Gasteiger partial charge is 0.439 e. The monoisotopic (exact) mass is 493 g/mol. The number of ether oxygens (including phenoxy) is 1. The summed E-state index contributed by atoms with van der Waals surface area (Å²) in [6, 6.07) is 21.1. The minimum Gasteiger partial charge on any atom is -0.439 e. The van der Waals surface area contributed by atoms with Crippen LogP contribution in [0.3, 0.4) is 0 Å². The molecule has 6 nitrogen and oxygen atoms in total. The van der Waals surface area contributed by atoms with Crippen molar-refractivity contribution in [3.05, 3.63) is 117 Å². The molecule has 0 fully saturated rings. The van der Waals surface area contributed by atoms with Gasteiger partial charge in [-0.05, 0) is 47.5 Å². The number of nitrogens with two attached hydrogens (primary N) is 1. The standard InChI is InChI=1S/C25H17ClFN3O3S/c26-17-9-7-16(8-10-17)22-20(13-28)25(29)33-23-19-3-1-2-4-21(19)30(34(31,32)24(22)23)14-15-5-11-18(27)12-6-15/h1-12,22H,14,29H2/t22-/m0/s1. The number of anilines is 1. The van der Waals surface area contributed by atoms with E-state index in [0.29, 0.717) is 27.4 Å². The normalized spacial score (nSPS) is 18.6.